The van der Waals surface area contributed by atoms with Crippen molar-refractivity contribution in [3.8, 4) is 5.75 Å². The molecule has 1 aromatic heterocycles. The zero-order valence-electron chi connectivity index (χ0n) is 23.0. The second-order valence-corrected chi connectivity index (χ2v) is 9.88. The SMILES string of the molecule is COCC(=O)NC(C(=O)Nc1ccc2ncnc(Nc3ccc(OCc4cccc(F)c4)c(Cl)c3)c2c1)c1ccccc1. The van der Waals surface area contributed by atoms with Gasteiger partial charge in [-0.3, -0.25) is 9.59 Å². The van der Waals surface area contributed by atoms with Crippen LogP contribution in [-0.2, 0) is 20.9 Å². The lowest BCUT2D eigenvalue weighted by Crippen LogP contribution is -2.38. The zero-order valence-corrected chi connectivity index (χ0v) is 23.8. The Labute approximate surface area is 252 Å². The smallest absolute Gasteiger partial charge is 0.251 e. The van der Waals surface area contributed by atoms with Crippen LogP contribution in [0.2, 0.25) is 5.02 Å². The van der Waals surface area contributed by atoms with E-state index in [0.717, 1.165) is 0 Å². The van der Waals surface area contributed by atoms with E-state index in [4.69, 9.17) is 21.1 Å². The van der Waals surface area contributed by atoms with Gasteiger partial charge in [-0.2, -0.15) is 0 Å². The molecule has 43 heavy (non-hydrogen) atoms. The van der Waals surface area contributed by atoms with Crippen molar-refractivity contribution in [3.63, 3.8) is 0 Å². The molecule has 1 heterocycles. The van der Waals surface area contributed by atoms with Crippen molar-refractivity contribution in [3.05, 3.63) is 119 Å². The van der Waals surface area contributed by atoms with Crippen molar-refractivity contribution in [1.29, 1.82) is 0 Å². The Hall–Kier alpha value is -5.06. The second-order valence-electron chi connectivity index (χ2n) is 9.48. The fourth-order valence-corrected chi connectivity index (χ4v) is 4.58. The van der Waals surface area contributed by atoms with Crippen LogP contribution >= 0.6 is 11.6 Å². The van der Waals surface area contributed by atoms with Gasteiger partial charge in [0, 0.05) is 23.9 Å². The lowest BCUT2D eigenvalue weighted by molar-refractivity contribution is -0.129. The summed E-state index contributed by atoms with van der Waals surface area (Å²) < 4.78 is 24.1. The number of anilines is 3. The molecule has 0 radical (unpaired) electrons. The Morgan fingerprint density at radius 1 is 0.930 bits per heavy atom. The van der Waals surface area contributed by atoms with E-state index in [-0.39, 0.29) is 19.0 Å². The van der Waals surface area contributed by atoms with Gasteiger partial charge in [0.1, 0.15) is 43.0 Å². The van der Waals surface area contributed by atoms with Gasteiger partial charge in [0.15, 0.2) is 0 Å². The standard InChI is InChI=1S/C32H27ClFN5O4/c1-42-18-29(40)39-30(21-7-3-2-4-8-21)32(41)38-23-10-12-27-25(15-23)31(36-19-35-27)37-24-11-13-28(26(33)16-24)43-17-20-6-5-9-22(34)14-20/h2-16,19,30H,17-18H2,1H3,(H,38,41)(H,39,40)(H,35,36,37). The molecule has 0 aliphatic carbocycles. The number of ether oxygens (including phenoxy) is 2. The van der Waals surface area contributed by atoms with Gasteiger partial charge in [-0.1, -0.05) is 54.1 Å². The van der Waals surface area contributed by atoms with Crippen LogP contribution in [0.1, 0.15) is 17.2 Å². The van der Waals surface area contributed by atoms with E-state index < -0.39 is 17.9 Å². The van der Waals surface area contributed by atoms with Crippen molar-refractivity contribution in [2.75, 3.05) is 24.4 Å². The molecule has 0 saturated carbocycles. The summed E-state index contributed by atoms with van der Waals surface area (Å²) in [6, 6.07) is 24.5. The third-order valence-corrected chi connectivity index (χ3v) is 6.65. The molecular formula is C32H27ClFN5O4. The molecule has 0 aliphatic rings. The first kappa shape index (κ1) is 29.4. The molecule has 3 N–H and O–H groups in total. The number of rotatable bonds is 11. The monoisotopic (exact) mass is 599 g/mol. The molecule has 1 atom stereocenters. The van der Waals surface area contributed by atoms with E-state index in [2.05, 4.69) is 25.9 Å². The molecule has 0 spiro atoms. The highest BCUT2D eigenvalue weighted by molar-refractivity contribution is 6.32. The summed E-state index contributed by atoms with van der Waals surface area (Å²) in [6.45, 7) is -0.0143. The Kier molecular flexibility index (Phi) is 9.40. The number of carbonyl (C=O) groups excluding carboxylic acids is 2. The molecule has 5 rings (SSSR count). The van der Waals surface area contributed by atoms with Crippen LogP contribution in [-0.4, -0.2) is 35.5 Å². The Balaban J connectivity index is 1.33. The molecule has 1 unspecified atom stereocenters. The first-order valence-corrected chi connectivity index (χ1v) is 13.6. The number of hydrogen-bond acceptors (Lipinski definition) is 7. The highest BCUT2D eigenvalue weighted by Gasteiger charge is 2.23. The fourth-order valence-electron chi connectivity index (χ4n) is 4.35. The number of nitrogens with one attached hydrogen (secondary N) is 3. The van der Waals surface area contributed by atoms with Crippen molar-refractivity contribution in [2.45, 2.75) is 12.6 Å². The quantitative estimate of drug-likeness (QED) is 0.166. The highest BCUT2D eigenvalue weighted by Crippen LogP contribution is 2.32. The zero-order chi connectivity index (χ0) is 30.2. The minimum Gasteiger partial charge on any atom is -0.487 e. The van der Waals surface area contributed by atoms with Crippen LogP contribution in [0, 0.1) is 5.82 Å². The second kappa shape index (κ2) is 13.7. The number of amides is 2. The number of methoxy groups -OCH3 is 1. The van der Waals surface area contributed by atoms with Crippen LogP contribution < -0.4 is 20.7 Å². The third-order valence-electron chi connectivity index (χ3n) is 6.36. The topological polar surface area (TPSA) is 114 Å². The number of nitrogens with zero attached hydrogens (tertiary/aromatic N) is 2. The van der Waals surface area contributed by atoms with Crippen LogP contribution in [0.3, 0.4) is 0 Å². The van der Waals surface area contributed by atoms with E-state index >= 15 is 0 Å². The number of carbonyl (C=O) groups is 2. The van der Waals surface area contributed by atoms with Crippen LogP contribution in [0.4, 0.5) is 21.6 Å². The molecule has 5 aromatic rings. The van der Waals surface area contributed by atoms with Crippen molar-refractivity contribution in [1.82, 2.24) is 15.3 Å². The van der Waals surface area contributed by atoms with Crippen LogP contribution in [0.5, 0.6) is 5.75 Å². The summed E-state index contributed by atoms with van der Waals surface area (Å²) in [5.41, 5.74) is 3.07. The van der Waals surface area contributed by atoms with E-state index in [1.807, 2.05) is 6.07 Å². The van der Waals surface area contributed by atoms with E-state index in [0.29, 0.717) is 50.0 Å². The van der Waals surface area contributed by atoms with Gasteiger partial charge in [-0.05, 0) is 59.7 Å². The maximum Gasteiger partial charge on any atom is 0.251 e. The molecule has 218 valence electrons. The fraction of sp³-hybridized carbons (Fsp3) is 0.125. The predicted molar refractivity (Wildman–Crippen MR) is 163 cm³/mol. The normalized spacial score (nSPS) is 11.5. The first-order valence-electron chi connectivity index (χ1n) is 13.2. The average molecular weight is 600 g/mol. The summed E-state index contributed by atoms with van der Waals surface area (Å²) >= 11 is 6.47. The summed E-state index contributed by atoms with van der Waals surface area (Å²) in [7, 11) is 1.41. The summed E-state index contributed by atoms with van der Waals surface area (Å²) in [5.74, 6) is -0.259. The Bertz CT molecular complexity index is 1760. The van der Waals surface area contributed by atoms with Gasteiger partial charge in [0.05, 0.1) is 10.5 Å². The molecule has 11 heteroatoms. The lowest BCUT2D eigenvalue weighted by Gasteiger charge is -2.19. The van der Waals surface area contributed by atoms with Gasteiger partial charge < -0.3 is 25.4 Å². The first-order chi connectivity index (χ1) is 20.9. The number of halogens is 2. The summed E-state index contributed by atoms with van der Waals surface area (Å²) in [6.07, 6.45) is 1.43. The maximum absolute atomic E-state index is 13.5. The third kappa shape index (κ3) is 7.62. The van der Waals surface area contributed by atoms with Gasteiger partial charge >= 0.3 is 0 Å². The molecule has 2 amide bonds. The molecule has 0 aliphatic heterocycles. The Morgan fingerprint density at radius 3 is 2.51 bits per heavy atom. The van der Waals surface area contributed by atoms with E-state index in [9.17, 15) is 14.0 Å². The van der Waals surface area contributed by atoms with Crippen molar-refractivity contribution >= 4 is 51.5 Å². The maximum atomic E-state index is 13.5. The number of hydrogen-bond donors (Lipinski definition) is 3. The van der Waals surface area contributed by atoms with Gasteiger partial charge in [-0.25, -0.2) is 14.4 Å². The van der Waals surface area contributed by atoms with Crippen LogP contribution in [0.25, 0.3) is 10.9 Å². The van der Waals surface area contributed by atoms with E-state index in [1.165, 1.54) is 25.6 Å². The molecular weight excluding hydrogens is 573 g/mol. The number of fused-ring (bicyclic) bond motifs is 1. The van der Waals surface area contributed by atoms with Gasteiger partial charge in [0.25, 0.3) is 5.91 Å². The molecule has 9 nitrogen and oxygen atoms in total. The molecule has 0 bridgehead atoms. The summed E-state index contributed by atoms with van der Waals surface area (Å²) in [5, 5.41) is 9.83. The minimum atomic E-state index is -0.937. The van der Waals surface area contributed by atoms with Gasteiger partial charge in [0.2, 0.25) is 5.91 Å². The summed E-state index contributed by atoms with van der Waals surface area (Å²) in [4.78, 5) is 34.3. The van der Waals surface area contributed by atoms with E-state index in [1.54, 1.807) is 72.8 Å². The Morgan fingerprint density at radius 2 is 1.74 bits per heavy atom. The predicted octanol–water partition coefficient (Wildman–Crippen LogP) is 6.19. The lowest BCUT2D eigenvalue weighted by atomic mass is 10.1. The molecule has 0 saturated heterocycles. The van der Waals surface area contributed by atoms with Crippen LogP contribution in [0.15, 0.2) is 97.3 Å². The molecule has 0 fully saturated rings. The van der Waals surface area contributed by atoms with Crippen molar-refractivity contribution in [2.24, 2.45) is 0 Å². The highest BCUT2D eigenvalue weighted by atomic mass is 35.5. The minimum absolute atomic E-state index is 0.163. The molecule has 4 aromatic carbocycles. The number of aromatic nitrogens is 2. The number of benzene rings is 4. The van der Waals surface area contributed by atoms with Crippen molar-refractivity contribution < 1.29 is 23.5 Å². The average Bonchev–Trinajstić information content (AvgIpc) is 3.00. The largest absolute Gasteiger partial charge is 0.487 e. The van der Waals surface area contributed by atoms with Gasteiger partial charge in [-0.15, -0.1) is 0 Å².